The van der Waals surface area contributed by atoms with Gasteiger partial charge in [0.15, 0.2) is 5.13 Å². The maximum absolute atomic E-state index is 4.72. The normalized spacial score (nSPS) is 18.3. The summed E-state index contributed by atoms with van der Waals surface area (Å²) in [6.45, 7) is 7.93. The first-order valence-electron chi connectivity index (χ1n) is 7.58. The molecule has 1 saturated heterocycles. The Bertz CT molecular complexity index is 572. The predicted molar refractivity (Wildman–Crippen MR) is 87.7 cm³/mol. The van der Waals surface area contributed by atoms with E-state index in [0.717, 1.165) is 17.2 Å². The van der Waals surface area contributed by atoms with Crippen molar-refractivity contribution >= 4 is 26.7 Å². The van der Waals surface area contributed by atoms with Gasteiger partial charge in [-0.2, -0.15) is 0 Å². The average Bonchev–Trinajstić information content (AvgIpc) is 2.90. The molecular formula is C16H23N3S. The Balaban J connectivity index is 1.63. The van der Waals surface area contributed by atoms with Gasteiger partial charge >= 0.3 is 0 Å². The first-order valence-corrected chi connectivity index (χ1v) is 8.40. The fraction of sp³-hybridized carbons (Fsp3) is 0.562. The van der Waals surface area contributed by atoms with Gasteiger partial charge in [0, 0.05) is 12.6 Å². The number of hydrogen-bond acceptors (Lipinski definition) is 4. The van der Waals surface area contributed by atoms with Crippen molar-refractivity contribution in [2.75, 3.05) is 25.0 Å². The lowest BCUT2D eigenvalue weighted by Gasteiger charge is -2.32. The minimum atomic E-state index is 0.586. The zero-order valence-corrected chi connectivity index (χ0v) is 13.2. The number of likely N-dealkylation sites (tertiary alicyclic amines) is 1. The summed E-state index contributed by atoms with van der Waals surface area (Å²) in [5.41, 5.74) is 2.40. The van der Waals surface area contributed by atoms with Crippen LogP contribution >= 0.6 is 11.3 Å². The van der Waals surface area contributed by atoms with Gasteiger partial charge in [0.25, 0.3) is 0 Å². The van der Waals surface area contributed by atoms with Crippen molar-refractivity contribution in [3.8, 4) is 0 Å². The van der Waals surface area contributed by atoms with E-state index in [1.54, 1.807) is 11.3 Å². The van der Waals surface area contributed by atoms with Crippen molar-refractivity contribution < 1.29 is 0 Å². The second-order valence-electron chi connectivity index (χ2n) is 5.77. The van der Waals surface area contributed by atoms with Gasteiger partial charge in [-0.3, -0.25) is 4.90 Å². The Kier molecular flexibility index (Phi) is 4.22. The van der Waals surface area contributed by atoms with Crippen molar-refractivity contribution in [3.05, 3.63) is 23.8 Å². The van der Waals surface area contributed by atoms with E-state index in [4.69, 9.17) is 4.98 Å². The number of nitrogens with zero attached hydrogens (tertiary/aromatic N) is 2. The molecule has 2 aromatic rings. The molecule has 1 fully saturated rings. The Labute approximate surface area is 125 Å². The van der Waals surface area contributed by atoms with E-state index in [2.05, 4.69) is 42.3 Å². The van der Waals surface area contributed by atoms with E-state index in [1.165, 1.54) is 42.6 Å². The first-order chi connectivity index (χ1) is 9.74. The highest BCUT2D eigenvalue weighted by Gasteiger charge is 2.16. The van der Waals surface area contributed by atoms with Crippen LogP contribution in [-0.2, 0) is 0 Å². The summed E-state index contributed by atoms with van der Waals surface area (Å²) in [4.78, 5) is 7.31. The molecule has 0 amide bonds. The molecule has 1 aliphatic heterocycles. The number of nitrogens with one attached hydrogen (secondary N) is 1. The highest BCUT2D eigenvalue weighted by Crippen LogP contribution is 2.27. The third-order valence-corrected chi connectivity index (χ3v) is 5.16. The summed E-state index contributed by atoms with van der Waals surface area (Å²) in [6.07, 6.45) is 4.10. The van der Waals surface area contributed by atoms with Crippen LogP contribution in [0.4, 0.5) is 5.13 Å². The number of aryl methyl sites for hydroxylation is 1. The summed E-state index contributed by atoms with van der Waals surface area (Å²) < 4.78 is 1.28. The molecule has 1 aromatic carbocycles. The largest absolute Gasteiger partial charge is 0.360 e. The molecule has 1 atom stereocenters. The number of thiazole rings is 1. The Morgan fingerprint density at radius 2 is 2.10 bits per heavy atom. The second kappa shape index (κ2) is 6.10. The highest BCUT2D eigenvalue weighted by atomic mass is 32.1. The second-order valence-corrected chi connectivity index (χ2v) is 6.80. The Morgan fingerprint density at radius 3 is 2.85 bits per heavy atom. The number of hydrogen-bond donors (Lipinski definition) is 1. The molecule has 0 radical (unpaired) electrons. The van der Waals surface area contributed by atoms with Crippen LogP contribution in [0.3, 0.4) is 0 Å². The monoisotopic (exact) mass is 289 g/mol. The molecule has 0 aliphatic carbocycles. The number of para-hydroxylation sites is 1. The fourth-order valence-corrected chi connectivity index (χ4v) is 3.84. The zero-order chi connectivity index (χ0) is 13.9. The van der Waals surface area contributed by atoms with Crippen molar-refractivity contribution in [3.63, 3.8) is 0 Å². The summed E-state index contributed by atoms with van der Waals surface area (Å²) in [7, 11) is 0. The van der Waals surface area contributed by atoms with Crippen LogP contribution in [0.25, 0.3) is 10.2 Å². The van der Waals surface area contributed by atoms with Crippen molar-refractivity contribution in [2.24, 2.45) is 0 Å². The van der Waals surface area contributed by atoms with E-state index in [-0.39, 0.29) is 0 Å². The molecule has 0 spiro atoms. The van der Waals surface area contributed by atoms with Crippen LogP contribution in [0.1, 0.15) is 31.7 Å². The van der Waals surface area contributed by atoms with Crippen LogP contribution < -0.4 is 5.32 Å². The third kappa shape index (κ3) is 2.96. The highest BCUT2D eigenvalue weighted by molar-refractivity contribution is 7.22. The fourth-order valence-electron chi connectivity index (χ4n) is 2.89. The molecule has 4 heteroatoms. The molecule has 1 unspecified atom stereocenters. The minimum absolute atomic E-state index is 0.586. The van der Waals surface area contributed by atoms with Crippen molar-refractivity contribution in [1.29, 1.82) is 0 Å². The molecule has 3 nitrogen and oxygen atoms in total. The maximum Gasteiger partial charge on any atom is 0.183 e. The van der Waals surface area contributed by atoms with Crippen LogP contribution in [0.5, 0.6) is 0 Å². The van der Waals surface area contributed by atoms with E-state index in [1.807, 2.05) is 0 Å². The number of benzene rings is 1. The van der Waals surface area contributed by atoms with Gasteiger partial charge in [-0.15, -0.1) is 0 Å². The summed E-state index contributed by atoms with van der Waals surface area (Å²) in [5, 5.41) is 4.58. The standard InChI is InChI=1S/C16H23N3S/c1-12-7-6-8-14-15(12)18-16(20-14)17-11-13(2)19-9-4-3-5-10-19/h6-8,13H,3-5,9-11H2,1-2H3,(H,17,18). The van der Waals surface area contributed by atoms with E-state index in [0.29, 0.717) is 6.04 Å². The van der Waals surface area contributed by atoms with Gasteiger partial charge in [-0.05, 0) is 51.4 Å². The zero-order valence-electron chi connectivity index (χ0n) is 12.4. The molecule has 0 saturated carbocycles. The Hall–Kier alpha value is -1.13. The third-order valence-electron chi connectivity index (χ3n) is 4.18. The molecular weight excluding hydrogens is 266 g/mol. The minimum Gasteiger partial charge on any atom is -0.360 e. The van der Waals surface area contributed by atoms with Crippen LogP contribution in [0.2, 0.25) is 0 Å². The molecule has 1 aliphatic rings. The summed E-state index contributed by atoms with van der Waals surface area (Å²) >= 11 is 1.76. The molecule has 1 aromatic heterocycles. The van der Waals surface area contributed by atoms with Gasteiger partial charge < -0.3 is 5.32 Å². The van der Waals surface area contributed by atoms with Gasteiger partial charge in [0.05, 0.1) is 10.2 Å². The number of rotatable bonds is 4. The molecule has 1 N–H and O–H groups in total. The number of fused-ring (bicyclic) bond motifs is 1. The van der Waals surface area contributed by atoms with E-state index >= 15 is 0 Å². The summed E-state index contributed by atoms with van der Waals surface area (Å²) in [6, 6.07) is 6.97. The number of anilines is 1. The molecule has 108 valence electrons. The quantitative estimate of drug-likeness (QED) is 0.925. The maximum atomic E-state index is 4.72. The first kappa shape index (κ1) is 13.8. The molecule has 2 heterocycles. The molecule has 20 heavy (non-hydrogen) atoms. The van der Waals surface area contributed by atoms with E-state index in [9.17, 15) is 0 Å². The van der Waals surface area contributed by atoms with Gasteiger partial charge in [-0.25, -0.2) is 4.98 Å². The van der Waals surface area contributed by atoms with Crippen LogP contribution in [0, 0.1) is 6.92 Å². The lowest BCUT2D eigenvalue weighted by atomic mass is 10.1. The van der Waals surface area contributed by atoms with Gasteiger partial charge in [0.1, 0.15) is 0 Å². The topological polar surface area (TPSA) is 28.2 Å². The van der Waals surface area contributed by atoms with Crippen molar-refractivity contribution in [1.82, 2.24) is 9.88 Å². The van der Waals surface area contributed by atoms with Gasteiger partial charge in [0.2, 0.25) is 0 Å². The number of piperidine rings is 1. The average molecular weight is 289 g/mol. The van der Waals surface area contributed by atoms with Crippen molar-refractivity contribution in [2.45, 2.75) is 39.2 Å². The van der Waals surface area contributed by atoms with Crippen LogP contribution in [0.15, 0.2) is 18.2 Å². The molecule has 0 bridgehead atoms. The smallest absolute Gasteiger partial charge is 0.183 e. The SMILES string of the molecule is Cc1cccc2sc(NCC(C)N3CCCCC3)nc12. The Morgan fingerprint density at radius 1 is 1.30 bits per heavy atom. The van der Waals surface area contributed by atoms with Crippen LogP contribution in [-0.4, -0.2) is 35.6 Å². The number of aromatic nitrogens is 1. The van der Waals surface area contributed by atoms with E-state index < -0.39 is 0 Å². The lowest BCUT2D eigenvalue weighted by Crippen LogP contribution is -2.41. The lowest BCUT2D eigenvalue weighted by molar-refractivity contribution is 0.180. The predicted octanol–water partition coefficient (Wildman–Crippen LogP) is 3.89. The summed E-state index contributed by atoms with van der Waals surface area (Å²) in [5.74, 6) is 0. The molecule has 3 rings (SSSR count). The van der Waals surface area contributed by atoms with Gasteiger partial charge in [-0.1, -0.05) is 29.9 Å².